The van der Waals surface area contributed by atoms with E-state index in [1.54, 1.807) is 41.2 Å². The van der Waals surface area contributed by atoms with Crippen LogP contribution in [0.4, 0.5) is 5.82 Å². The van der Waals surface area contributed by atoms with Gasteiger partial charge in [-0.1, -0.05) is 41.9 Å². The van der Waals surface area contributed by atoms with Crippen LogP contribution < -0.4 is 10.1 Å². The first-order valence-corrected chi connectivity index (χ1v) is 7.82. The summed E-state index contributed by atoms with van der Waals surface area (Å²) in [5, 5.41) is 7.66. The molecule has 0 saturated heterocycles. The molecular formula is C18H16ClN3O2. The Kier molecular flexibility index (Phi) is 5.13. The first-order valence-electron chi connectivity index (χ1n) is 7.45. The number of aromatic nitrogens is 2. The molecule has 0 fully saturated rings. The number of anilines is 1. The van der Waals surface area contributed by atoms with Crippen LogP contribution in [0.25, 0.3) is 0 Å². The Morgan fingerprint density at radius 2 is 1.83 bits per heavy atom. The maximum Gasteiger partial charge on any atom is 0.263 e. The highest BCUT2D eigenvalue weighted by atomic mass is 35.5. The van der Waals surface area contributed by atoms with Gasteiger partial charge in [0.25, 0.3) is 5.91 Å². The molecule has 0 bridgehead atoms. The van der Waals surface area contributed by atoms with E-state index in [0.29, 0.717) is 23.1 Å². The summed E-state index contributed by atoms with van der Waals surface area (Å²) in [5.41, 5.74) is 1.11. The zero-order valence-electron chi connectivity index (χ0n) is 12.9. The second-order valence-corrected chi connectivity index (χ2v) is 5.59. The van der Waals surface area contributed by atoms with E-state index in [1.807, 2.05) is 30.3 Å². The van der Waals surface area contributed by atoms with E-state index in [0.717, 1.165) is 5.56 Å². The molecule has 1 aromatic heterocycles. The molecule has 0 aliphatic rings. The summed E-state index contributed by atoms with van der Waals surface area (Å²) < 4.78 is 7.16. The number of nitrogens with zero attached hydrogens (tertiary/aromatic N) is 2. The van der Waals surface area contributed by atoms with Crippen molar-refractivity contribution < 1.29 is 9.53 Å². The monoisotopic (exact) mass is 341 g/mol. The van der Waals surface area contributed by atoms with E-state index in [2.05, 4.69) is 10.4 Å². The Morgan fingerprint density at radius 1 is 1.08 bits per heavy atom. The van der Waals surface area contributed by atoms with Gasteiger partial charge in [-0.15, -0.1) is 0 Å². The molecule has 6 heteroatoms. The van der Waals surface area contributed by atoms with Crippen LogP contribution in [0.1, 0.15) is 5.56 Å². The summed E-state index contributed by atoms with van der Waals surface area (Å²) in [6, 6.07) is 18.5. The normalized spacial score (nSPS) is 10.4. The largest absolute Gasteiger partial charge is 0.484 e. The molecule has 122 valence electrons. The Hall–Kier alpha value is -2.79. The van der Waals surface area contributed by atoms with Crippen molar-refractivity contribution in [2.24, 2.45) is 0 Å². The highest BCUT2D eigenvalue weighted by molar-refractivity contribution is 6.30. The molecule has 24 heavy (non-hydrogen) atoms. The van der Waals surface area contributed by atoms with Crippen LogP contribution >= 0.6 is 11.6 Å². The maximum atomic E-state index is 12.1. The van der Waals surface area contributed by atoms with Crippen molar-refractivity contribution in [3.05, 3.63) is 77.4 Å². The summed E-state index contributed by atoms with van der Waals surface area (Å²) in [6.45, 7) is 0.500. The lowest BCUT2D eigenvalue weighted by Crippen LogP contribution is -2.22. The summed E-state index contributed by atoms with van der Waals surface area (Å²) in [7, 11) is 0. The van der Waals surface area contributed by atoms with Gasteiger partial charge in [-0.3, -0.25) is 4.79 Å². The molecule has 0 aliphatic heterocycles. The number of nitrogens with one attached hydrogen (secondary N) is 1. The van der Waals surface area contributed by atoms with Gasteiger partial charge < -0.3 is 10.1 Å². The quantitative estimate of drug-likeness (QED) is 0.745. The Balaban J connectivity index is 1.57. The molecule has 2 aromatic carbocycles. The highest BCUT2D eigenvalue weighted by Crippen LogP contribution is 2.15. The predicted octanol–water partition coefficient (Wildman–Crippen LogP) is 3.60. The number of carbonyl (C=O) groups excluding carboxylic acids is 1. The molecule has 0 radical (unpaired) electrons. The number of rotatable bonds is 6. The summed E-state index contributed by atoms with van der Waals surface area (Å²) >= 11 is 5.81. The molecule has 3 rings (SSSR count). The van der Waals surface area contributed by atoms with Crippen molar-refractivity contribution in [2.45, 2.75) is 6.54 Å². The number of halogens is 1. The van der Waals surface area contributed by atoms with E-state index < -0.39 is 0 Å². The third-order valence-corrected chi connectivity index (χ3v) is 3.59. The van der Waals surface area contributed by atoms with E-state index in [1.165, 1.54) is 0 Å². The van der Waals surface area contributed by atoms with E-state index >= 15 is 0 Å². The average molecular weight is 342 g/mol. The van der Waals surface area contributed by atoms with Crippen LogP contribution in [-0.2, 0) is 11.3 Å². The number of ether oxygens (including phenoxy) is 1. The number of hydrogen-bond donors (Lipinski definition) is 1. The topological polar surface area (TPSA) is 56.1 Å². The van der Waals surface area contributed by atoms with Crippen molar-refractivity contribution in [3.63, 3.8) is 0 Å². The van der Waals surface area contributed by atoms with Gasteiger partial charge in [-0.05, 0) is 29.8 Å². The highest BCUT2D eigenvalue weighted by Gasteiger charge is 2.08. The van der Waals surface area contributed by atoms with Gasteiger partial charge in [0.05, 0.1) is 12.7 Å². The van der Waals surface area contributed by atoms with Gasteiger partial charge in [0, 0.05) is 11.1 Å². The first-order chi connectivity index (χ1) is 11.7. The van der Waals surface area contributed by atoms with Crippen LogP contribution in [0.3, 0.4) is 0 Å². The van der Waals surface area contributed by atoms with Crippen LogP contribution in [0.5, 0.6) is 5.75 Å². The van der Waals surface area contributed by atoms with E-state index in [9.17, 15) is 4.79 Å². The molecule has 0 saturated carbocycles. The number of benzene rings is 2. The van der Waals surface area contributed by atoms with Gasteiger partial charge in [-0.25, -0.2) is 4.68 Å². The zero-order chi connectivity index (χ0) is 16.8. The van der Waals surface area contributed by atoms with Gasteiger partial charge in [0.1, 0.15) is 11.6 Å². The second kappa shape index (κ2) is 7.66. The molecular weight excluding hydrogens is 326 g/mol. The van der Waals surface area contributed by atoms with Crippen LogP contribution in [0.2, 0.25) is 5.02 Å². The van der Waals surface area contributed by atoms with E-state index in [4.69, 9.17) is 16.3 Å². The fourth-order valence-electron chi connectivity index (χ4n) is 2.18. The Morgan fingerprint density at radius 3 is 2.58 bits per heavy atom. The molecule has 0 atom stereocenters. The summed E-state index contributed by atoms with van der Waals surface area (Å²) in [4.78, 5) is 12.1. The maximum absolute atomic E-state index is 12.1. The third kappa shape index (κ3) is 4.36. The van der Waals surface area contributed by atoms with Crippen molar-refractivity contribution in [3.8, 4) is 5.75 Å². The van der Waals surface area contributed by atoms with Gasteiger partial charge in [-0.2, -0.15) is 5.10 Å². The second-order valence-electron chi connectivity index (χ2n) is 5.15. The minimum Gasteiger partial charge on any atom is -0.484 e. The smallest absolute Gasteiger partial charge is 0.263 e. The molecule has 1 N–H and O–H groups in total. The van der Waals surface area contributed by atoms with Crippen LogP contribution in [0.15, 0.2) is 66.9 Å². The minimum absolute atomic E-state index is 0.0852. The zero-order valence-corrected chi connectivity index (χ0v) is 13.6. The Bertz CT molecular complexity index is 801. The summed E-state index contributed by atoms with van der Waals surface area (Å²) in [5.74, 6) is 0.968. The SMILES string of the molecule is O=C(COc1ccc(Cl)cc1)Nc1ccnn1Cc1ccccc1. The number of amides is 1. The lowest BCUT2D eigenvalue weighted by Gasteiger charge is -2.10. The van der Waals surface area contributed by atoms with Crippen molar-refractivity contribution in [2.75, 3.05) is 11.9 Å². The minimum atomic E-state index is -0.250. The lowest BCUT2D eigenvalue weighted by molar-refractivity contribution is -0.118. The van der Waals surface area contributed by atoms with E-state index in [-0.39, 0.29) is 12.5 Å². The van der Waals surface area contributed by atoms with Gasteiger partial charge >= 0.3 is 0 Å². The fourth-order valence-corrected chi connectivity index (χ4v) is 2.31. The predicted molar refractivity (Wildman–Crippen MR) is 93.3 cm³/mol. The first kappa shape index (κ1) is 16.1. The third-order valence-electron chi connectivity index (χ3n) is 3.34. The molecule has 0 aliphatic carbocycles. The molecule has 1 amide bonds. The standard InChI is InChI=1S/C18H16ClN3O2/c19-15-6-8-16(9-7-15)24-13-18(23)21-17-10-11-20-22(17)12-14-4-2-1-3-5-14/h1-11H,12-13H2,(H,21,23). The molecule has 3 aromatic rings. The van der Waals surface area contributed by atoms with Crippen LogP contribution in [0, 0.1) is 0 Å². The number of carbonyl (C=O) groups is 1. The summed E-state index contributed by atoms with van der Waals surface area (Å²) in [6.07, 6.45) is 1.65. The molecule has 1 heterocycles. The van der Waals surface area contributed by atoms with Crippen molar-refractivity contribution in [1.29, 1.82) is 0 Å². The van der Waals surface area contributed by atoms with Gasteiger partial charge in [0.15, 0.2) is 6.61 Å². The van der Waals surface area contributed by atoms with Crippen LogP contribution in [-0.4, -0.2) is 22.3 Å². The molecule has 0 spiro atoms. The number of hydrogen-bond acceptors (Lipinski definition) is 3. The molecule has 0 unspecified atom stereocenters. The fraction of sp³-hybridized carbons (Fsp3) is 0.111. The Labute approximate surface area is 144 Å². The van der Waals surface area contributed by atoms with Gasteiger partial charge in [0.2, 0.25) is 0 Å². The lowest BCUT2D eigenvalue weighted by atomic mass is 10.2. The average Bonchev–Trinajstić information content (AvgIpc) is 3.02. The van der Waals surface area contributed by atoms with Crippen molar-refractivity contribution in [1.82, 2.24) is 9.78 Å². The molecule has 5 nitrogen and oxygen atoms in total. The van der Waals surface area contributed by atoms with Crippen molar-refractivity contribution >= 4 is 23.3 Å².